The molecular weight excluding hydrogens is 320 g/mol. The van der Waals surface area contributed by atoms with E-state index in [1.54, 1.807) is 6.20 Å². The molecule has 2 unspecified atom stereocenters. The molecule has 0 aliphatic rings. The lowest BCUT2D eigenvalue weighted by Gasteiger charge is -2.18. The summed E-state index contributed by atoms with van der Waals surface area (Å²) in [6.07, 6.45) is 6.48. The van der Waals surface area contributed by atoms with Gasteiger partial charge in [0.15, 0.2) is 0 Å². The lowest BCUT2D eigenvalue weighted by molar-refractivity contribution is 0.129. The van der Waals surface area contributed by atoms with E-state index < -0.39 is 0 Å². The maximum absolute atomic E-state index is 6.42. The molecule has 0 aliphatic heterocycles. The highest BCUT2D eigenvalue weighted by Gasteiger charge is 2.14. The first-order valence-electron chi connectivity index (χ1n) is 8.67. The Labute approximate surface area is 150 Å². The average Bonchev–Trinajstić information content (AvgIpc) is 2.63. The molecule has 24 heavy (non-hydrogen) atoms. The summed E-state index contributed by atoms with van der Waals surface area (Å²) >= 11 is 6.42. The second-order valence-electron chi connectivity index (χ2n) is 6.03. The number of pyridine rings is 1. The molecule has 2 N–H and O–H groups in total. The van der Waals surface area contributed by atoms with E-state index in [1.807, 2.05) is 24.3 Å². The second kappa shape index (κ2) is 11.2. The zero-order chi connectivity index (χ0) is 17.0. The van der Waals surface area contributed by atoms with E-state index in [0.29, 0.717) is 13.2 Å². The standard InChI is InChI=1S/C20H27ClN2O/c21-19(11-6-9-17-7-2-1-3-8-17)20(22)13-16-24-15-12-18-10-4-5-14-23-18/h1-5,7-8,10,14,19-20H,6,9,11-13,15-16,22H2. The number of nitrogens with two attached hydrogens (primary N) is 1. The third kappa shape index (κ3) is 7.43. The highest BCUT2D eigenvalue weighted by atomic mass is 35.5. The third-order valence-electron chi connectivity index (χ3n) is 4.08. The number of hydrogen-bond donors (Lipinski definition) is 1. The van der Waals surface area contributed by atoms with E-state index >= 15 is 0 Å². The van der Waals surface area contributed by atoms with Crippen LogP contribution in [0.25, 0.3) is 0 Å². The van der Waals surface area contributed by atoms with Gasteiger partial charge in [0.25, 0.3) is 0 Å². The van der Waals surface area contributed by atoms with Crippen LogP contribution >= 0.6 is 11.6 Å². The first-order chi connectivity index (χ1) is 11.8. The minimum absolute atomic E-state index is 0.00750. The molecule has 130 valence electrons. The molecule has 3 nitrogen and oxygen atoms in total. The normalized spacial score (nSPS) is 13.6. The Bertz CT molecular complexity index is 550. The van der Waals surface area contributed by atoms with Crippen LogP contribution in [0.2, 0.25) is 0 Å². The van der Waals surface area contributed by atoms with Gasteiger partial charge in [-0.25, -0.2) is 0 Å². The van der Waals surface area contributed by atoms with Gasteiger partial charge >= 0.3 is 0 Å². The smallest absolute Gasteiger partial charge is 0.0521 e. The van der Waals surface area contributed by atoms with Crippen LogP contribution in [0.3, 0.4) is 0 Å². The van der Waals surface area contributed by atoms with E-state index in [4.69, 9.17) is 22.1 Å². The predicted octanol–water partition coefficient (Wildman–Crippen LogP) is 3.99. The van der Waals surface area contributed by atoms with Crippen molar-refractivity contribution in [2.75, 3.05) is 13.2 Å². The van der Waals surface area contributed by atoms with E-state index in [-0.39, 0.29) is 11.4 Å². The molecule has 1 aromatic heterocycles. The van der Waals surface area contributed by atoms with Gasteiger partial charge in [-0.1, -0.05) is 36.4 Å². The lowest BCUT2D eigenvalue weighted by Crippen LogP contribution is -2.32. The Morgan fingerprint density at radius 1 is 0.958 bits per heavy atom. The number of ether oxygens (including phenoxy) is 1. The zero-order valence-corrected chi connectivity index (χ0v) is 14.9. The highest BCUT2D eigenvalue weighted by molar-refractivity contribution is 6.21. The van der Waals surface area contributed by atoms with E-state index in [1.165, 1.54) is 5.56 Å². The molecule has 0 saturated heterocycles. The van der Waals surface area contributed by atoms with Gasteiger partial charge in [-0.3, -0.25) is 4.98 Å². The maximum Gasteiger partial charge on any atom is 0.0521 e. The summed E-state index contributed by atoms with van der Waals surface area (Å²) < 4.78 is 5.65. The summed E-state index contributed by atoms with van der Waals surface area (Å²) in [6.45, 7) is 1.32. The fourth-order valence-electron chi connectivity index (χ4n) is 2.59. The Morgan fingerprint density at radius 2 is 1.75 bits per heavy atom. The van der Waals surface area contributed by atoms with E-state index in [0.717, 1.165) is 37.8 Å². The summed E-state index contributed by atoms with van der Waals surface area (Å²) in [6, 6.07) is 16.4. The van der Waals surface area contributed by atoms with Crippen LogP contribution in [0.5, 0.6) is 0 Å². The number of halogens is 1. The van der Waals surface area contributed by atoms with Crippen molar-refractivity contribution in [2.24, 2.45) is 5.73 Å². The Hall–Kier alpha value is -1.42. The van der Waals surface area contributed by atoms with Crippen molar-refractivity contribution in [1.29, 1.82) is 0 Å². The summed E-state index contributed by atoms with van der Waals surface area (Å²) in [5.41, 5.74) is 8.57. The minimum Gasteiger partial charge on any atom is -0.381 e. The monoisotopic (exact) mass is 346 g/mol. The molecular formula is C20H27ClN2O. The number of aromatic nitrogens is 1. The Balaban J connectivity index is 1.52. The third-order valence-corrected chi connectivity index (χ3v) is 4.62. The molecule has 2 atom stereocenters. The van der Waals surface area contributed by atoms with Crippen molar-refractivity contribution in [3.8, 4) is 0 Å². The van der Waals surface area contributed by atoms with Crippen molar-refractivity contribution in [1.82, 2.24) is 4.98 Å². The molecule has 0 radical (unpaired) electrons. The van der Waals surface area contributed by atoms with Crippen molar-refractivity contribution in [3.05, 3.63) is 66.0 Å². The molecule has 0 fully saturated rings. The number of nitrogens with zero attached hydrogens (tertiary/aromatic N) is 1. The molecule has 1 heterocycles. The zero-order valence-electron chi connectivity index (χ0n) is 14.1. The van der Waals surface area contributed by atoms with Crippen LogP contribution < -0.4 is 5.73 Å². The first-order valence-corrected chi connectivity index (χ1v) is 9.10. The number of hydrogen-bond acceptors (Lipinski definition) is 3. The topological polar surface area (TPSA) is 48.1 Å². The van der Waals surface area contributed by atoms with E-state index in [9.17, 15) is 0 Å². The summed E-state index contributed by atoms with van der Waals surface area (Å²) in [5.74, 6) is 0. The van der Waals surface area contributed by atoms with Gasteiger partial charge in [-0.2, -0.15) is 0 Å². The summed E-state index contributed by atoms with van der Waals surface area (Å²) in [7, 11) is 0. The van der Waals surface area contributed by atoms with Crippen LogP contribution in [0.4, 0.5) is 0 Å². The van der Waals surface area contributed by atoms with Crippen LogP contribution in [0.15, 0.2) is 54.7 Å². The molecule has 0 amide bonds. The summed E-state index contributed by atoms with van der Waals surface area (Å²) in [4.78, 5) is 4.27. The average molecular weight is 347 g/mol. The molecule has 0 bridgehead atoms. The number of rotatable bonds is 11. The Kier molecular flexibility index (Phi) is 8.82. The molecule has 4 heteroatoms. The van der Waals surface area contributed by atoms with Crippen LogP contribution in [-0.4, -0.2) is 29.6 Å². The van der Waals surface area contributed by atoms with Crippen molar-refractivity contribution >= 4 is 11.6 Å². The van der Waals surface area contributed by atoms with Gasteiger partial charge in [0.1, 0.15) is 0 Å². The van der Waals surface area contributed by atoms with E-state index in [2.05, 4.69) is 29.2 Å². The van der Waals surface area contributed by atoms with Crippen molar-refractivity contribution in [3.63, 3.8) is 0 Å². The number of aryl methyl sites for hydroxylation is 1. The Morgan fingerprint density at radius 3 is 2.50 bits per heavy atom. The minimum atomic E-state index is -0.0164. The molecule has 0 aliphatic carbocycles. The largest absolute Gasteiger partial charge is 0.381 e. The van der Waals surface area contributed by atoms with Gasteiger partial charge in [-0.05, 0) is 43.4 Å². The number of benzene rings is 1. The fourth-order valence-corrected chi connectivity index (χ4v) is 2.87. The molecule has 0 spiro atoms. The van der Waals surface area contributed by atoms with Crippen molar-refractivity contribution in [2.45, 2.75) is 43.5 Å². The predicted molar refractivity (Wildman–Crippen MR) is 100 cm³/mol. The first kappa shape index (κ1) is 18.9. The summed E-state index contributed by atoms with van der Waals surface area (Å²) in [5, 5.41) is 0.00750. The SMILES string of the molecule is NC(CCOCCc1ccccn1)C(Cl)CCCc1ccccc1. The molecule has 0 saturated carbocycles. The van der Waals surface area contributed by atoms with Gasteiger partial charge in [0.2, 0.25) is 0 Å². The van der Waals surface area contributed by atoms with Gasteiger partial charge in [0.05, 0.1) is 6.61 Å². The highest BCUT2D eigenvalue weighted by Crippen LogP contribution is 2.14. The number of alkyl halides is 1. The van der Waals surface area contributed by atoms with Crippen molar-refractivity contribution < 1.29 is 4.74 Å². The van der Waals surface area contributed by atoms with Gasteiger partial charge in [-0.15, -0.1) is 11.6 Å². The van der Waals surface area contributed by atoms with Gasteiger partial charge in [0, 0.05) is 36.3 Å². The molecule has 1 aromatic carbocycles. The van der Waals surface area contributed by atoms with Gasteiger partial charge < -0.3 is 10.5 Å². The lowest BCUT2D eigenvalue weighted by atomic mass is 10.0. The second-order valence-corrected chi connectivity index (χ2v) is 6.59. The van der Waals surface area contributed by atoms with Crippen LogP contribution in [0.1, 0.15) is 30.5 Å². The maximum atomic E-state index is 6.42. The fraction of sp³-hybridized carbons (Fsp3) is 0.450. The molecule has 2 rings (SSSR count). The molecule has 2 aromatic rings. The quantitative estimate of drug-likeness (QED) is 0.494. The van der Waals surface area contributed by atoms with Crippen LogP contribution in [-0.2, 0) is 17.6 Å². The van der Waals surface area contributed by atoms with Crippen LogP contribution in [0, 0.1) is 0 Å².